The Morgan fingerprint density at radius 2 is 2.00 bits per heavy atom. The molecule has 146 valence electrons. The number of Topliss-reactive ketones (excluding diaryl/α,β-unsaturated/α-hetero) is 1. The van der Waals surface area contributed by atoms with E-state index in [0.717, 1.165) is 28.3 Å². The average molecular weight is 398 g/mol. The third-order valence-corrected chi connectivity index (χ3v) is 5.66. The molecule has 2 heterocycles. The molecule has 1 aliphatic rings. The Morgan fingerprint density at radius 1 is 1.25 bits per heavy atom. The van der Waals surface area contributed by atoms with Crippen molar-refractivity contribution < 1.29 is 13.9 Å². The van der Waals surface area contributed by atoms with Crippen LogP contribution in [0.5, 0.6) is 5.75 Å². The van der Waals surface area contributed by atoms with Gasteiger partial charge in [0, 0.05) is 28.6 Å². The second-order valence-electron chi connectivity index (χ2n) is 6.93. The predicted molar refractivity (Wildman–Crippen MR) is 108 cm³/mol. The van der Waals surface area contributed by atoms with E-state index in [4.69, 9.17) is 9.15 Å². The van der Waals surface area contributed by atoms with E-state index in [-0.39, 0.29) is 11.5 Å². The highest BCUT2D eigenvalue weighted by molar-refractivity contribution is 7.99. The summed E-state index contributed by atoms with van der Waals surface area (Å²) >= 11 is 1.27. The van der Waals surface area contributed by atoms with Gasteiger partial charge in [0.05, 0.1) is 12.4 Å². The van der Waals surface area contributed by atoms with Crippen LogP contribution in [0, 0.1) is 13.8 Å². The zero-order valence-electron chi connectivity index (χ0n) is 16.3. The fourth-order valence-corrected chi connectivity index (χ4v) is 4.05. The van der Waals surface area contributed by atoms with Crippen LogP contribution in [0.4, 0.5) is 0 Å². The Bertz CT molecular complexity index is 987. The molecular formula is C21H23N3O3S. The van der Waals surface area contributed by atoms with E-state index >= 15 is 0 Å². The largest absolute Gasteiger partial charge is 0.494 e. The van der Waals surface area contributed by atoms with Gasteiger partial charge in [0.15, 0.2) is 5.78 Å². The number of aryl methyl sites for hydroxylation is 1. The molecule has 4 rings (SSSR count). The molecule has 1 aromatic carbocycles. The summed E-state index contributed by atoms with van der Waals surface area (Å²) < 4.78 is 13.4. The van der Waals surface area contributed by atoms with Crippen molar-refractivity contribution in [2.24, 2.45) is 0 Å². The van der Waals surface area contributed by atoms with Crippen molar-refractivity contribution in [3.05, 3.63) is 47.3 Å². The molecule has 0 radical (unpaired) electrons. The number of benzene rings is 1. The minimum atomic E-state index is 0.0887. The number of carbonyl (C=O) groups is 1. The van der Waals surface area contributed by atoms with Crippen molar-refractivity contribution in [2.75, 3.05) is 12.4 Å². The van der Waals surface area contributed by atoms with Crippen molar-refractivity contribution in [1.82, 2.24) is 14.8 Å². The number of ketones is 1. The van der Waals surface area contributed by atoms with E-state index in [2.05, 4.69) is 21.7 Å². The fraction of sp³-hybridized carbons (Fsp3) is 0.381. The monoisotopic (exact) mass is 397 g/mol. The molecule has 3 aromatic rings. The van der Waals surface area contributed by atoms with Gasteiger partial charge in [-0.1, -0.05) is 11.8 Å². The Labute approximate surface area is 168 Å². The van der Waals surface area contributed by atoms with Gasteiger partial charge in [-0.2, -0.15) is 0 Å². The fourth-order valence-electron chi connectivity index (χ4n) is 3.40. The summed E-state index contributed by atoms with van der Waals surface area (Å²) in [5.41, 5.74) is 3.83. The topological polar surface area (TPSA) is 70.2 Å². The van der Waals surface area contributed by atoms with Crippen LogP contribution in [-0.4, -0.2) is 32.9 Å². The molecule has 0 amide bonds. The molecule has 28 heavy (non-hydrogen) atoms. The van der Waals surface area contributed by atoms with Gasteiger partial charge >= 0.3 is 0 Å². The lowest BCUT2D eigenvalue weighted by Gasteiger charge is -2.07. The predicted octanol–water partition coefficient (Wildman–Crippen LogP) is 4.86. The maximum absolute atomic E-state index is 12.7. The van der Waals surface area contributed by atoms with Crippen LogP contribution in [0.3, 0.4) is 0 Å². The highest BCUT2D eigenvalue weighted by atomic mass is 32.2. The summed E-state index contributed by atoms with van der Waals surface area (Å²) in [6, 6.07) is 10.1. The zero-order valence-corrected chi connectivity index (χ0v) is 17.1. The second kappa shape index (κ2) is 7.83. The molecule has 0 atom stereocenters. The molecule has 0 saturated heterocycles. The van der Waals surface area contributed by atoms with E-state index in [1.807, 2.05) is 44.2 Å². The first-order valence-electron chi connectivity index (χ1n) is 9.48. The molecule has 1 saturated carbocycles. The maximum Gasteiger partial charge on any atom is 0.277 e. The minimum Gasteiger partial charge on any atom is -0.494 e. The summed E-state index contributed by atoms with van der Waals surface area (Å²) in [6.45, 7) is 6.66. The van der Waals surface area contributed by atoms with Crippen LogP contribution in [0.25, 0.3) is 11.5 Å². The molecule has 0 bridgehead atoms. The second-order valence-corrected chi connectivity index (χ2v) is 7.85. The molecule has 6 nitrogen and oxygen atoms in total. The van der Waals surface area contributed by atoms with Gasteiger partial charge in [-0.15, -0.1) is 10.2 Å². The van der Waals surface area contributed by atoms with Gasteiger partial charge in [0.2, 0.25) is 5.89 Å². The van der Waals surface area contributed by atoms with Gasteiger partial charge in [0.1, 0.15) is 5.75 Å². The number of thioether (sulfide) groups is 1. The van der Waals surface area contributed by atoms with Gasteiger partial charge in [-0.25, -0.2) is 0 Å². The Kier molecular flexibility index (Phi) is 5.26. The van der Waals surface area contributed by atoms with Crippen molar-refractivity contribution in [3.63, 3.8) is 0 Å². The maximum atomic E-state index is 12.7. The lowest BCUT2D eigenvalue weighted by atomic mass is 10.2. The van der Waals surface area contributed by atoms with Crippen LogP contribution in [0.1, 0.15) is 47.6 Å². The number of nitrogens with zero attached hydrogens (tertiary/aromatic N) is 3. The highest BCUT2D eigenvalue weighted by Gasteiger charge is 2.28. The number of hydrogen-bond donors (Lipinski definition) is 0. The van der Waals surface area contributed by atoms with Crippen LogP contribution in [0.2, 0.25) is 0 Å². The highest BCUT2D eigenvalue weighted by Crippen LogP contribution is 2.38. The summed E-state index contributed by atoms with van der Waals surface area (Å²) in [6.07, 6.45) is 2.41. The SMILES string of the molecule is CCOc1ccc(-c2nnc(SCC(=O)c3cc(C)n(C4CC4)c3C)o2)cc1. The Hall–Kier alpha value is -2.54. The van der Waals surface area contributed by atoms with Gasteiger partial charge in [-0.05, 0) is 63.9 Å². The average Bonchev–Trinajstić information content (AvgIpc) is 3.32. The third kappa shape index (κ3) is 3.85. The molecular weight excluding hydrogens is 374 g/mol. The van der Waals surface area contributed by atoms with Gasteiger partial charge in [0.25, 0.3) is 5.22 Å². The van der Waals surface area contributed by atoms with Crippen molar-refractivity contribution in [3.8, 4) is 17.2 Å². The summed E-state index contributed by atoms with van der Waals surface area (Å²) in [5, 5.41) is 8.54. The third-order valence-electron chi connectivity index (χ3n) is 4.84. The van der Waals surface area contributed by atoms with Crippen molar-refractivity contribution >= 4 is 17.5 Å². The van der Waals surface area contributed by atoms with E-state index in [1.165, 1.54) is 24.6 Å². The standard InChI is InChI=1S/C21H23N3O3S/c1-4-26-17-9-5-15(6-10-17)20-22-23-21(27-20)28-12-19(25)18-11-13(2)24(14(18)3)16-7-8-16/h5-6,9-11,16H,4,7-8,12H2,1-3H3. The van der Waals surface area contributed by atoms with E-state index in [0.29, 0.717) is 23.8 Å². The summed E-state index contributed by atoms with van der Waals surface area (Å²) in [7, 11) is 0. The molecule has 0 aliphatic heterocycles. The minimum absolute atomic E-state index is 0.0887. The van der Waals surface area contributed by atoms with E-state index < -0.39 is 0 Å². The molecule has 0 spiro atoms. The van der Waals surface area contributed by atoms with E-state index in [1.54, 1.807) is 0 Å². The Balaban J connectivity index is 1.40. The van der Waals surface area contributed by atoms with E-state index in [9.17, 15) is 4.79 Å². The molecule has 1 aliphatic carbocycles. The van der Waals surface area contributed by atoms with Crippen molar-refractivity contribution in [1.29, 1.82) is 0 Å². The first-order valence-corrected chi connectivity index (χ1v) is 10.5. The Morgan fingerprint density at radius 3 is 2.68 bits per heavy atom. The van der Waals surface area contributed by atoms with Crippen molar-refractivity contribution in [2.45, 2.75) is 44.9 Å². The van der Waals surface area contributed by atoms with Crippen LogP contribution in [-0.2, 0) is 0 Å². The number of ether oxygens (including phenoxy) is 1. The first-order chi connectivity index (χ1) is 13.6. The van der Waals surface area contributed by atoms with Crippen LogP contribution >= 0.6 is 11.8 Å². The molecule has 2 aromatic heterocycles. The molecule has 0 N–H and O–H groups in total. The number of carbonyl (C=O) groups excluding carboxylic acids is 1. The molecule has 7 heteroatoms. The molecule has 0 unspecified atom stereocenters. The quantitative estimate of drug-likeness (QED) is 0.399. The lowest BCUT2D eigenvalue weighted by molar-refractivity contribution is 0.102. The normalized spacial score (nSPS) is 13.7. The smallest absolute Gasteiger partial charge is 0.277 e. The van der Waals surface area contributed by atoms with Gasteiger partial charge in [-0.3, -0.25) is 4.79 Å². The number of hydrogen-bond acceptors (Lipinski definition) is 6. The first kappa shape index (κ1) is 18.8. The van der Waals surface area contributed by atoms with Gasteiger partial charge < -0.3 is 13.7 Å². The van der Waals surface area contributed by atoms with Crippen LogP contribution < -0.4 is 4.74 Å². The number of rotatable bonds is 8. The zero-order chi connectivity index (χ0) is 19.7. The van der Waals surface area contributed by atoms with Crippen LogP contribution in [0.15, 0.2) is 40.0 Å². The lowest BCUT2D eigenvalue weighted by Crippen LogP contribution is -2.05. The molecule has 1 fully saturated rings. The number of aromatic nitrogens is 3. The summed E-state index contributed by atoms with van der Waals surface area (Å²) in [5.74, 6) is 1.60. The summed E-state index contributed by atoms with van der Waals surface area (Å²) in [4.78, 5) is 12.7.